The fourth-order valence-electron chi connectivity index (χ4n) is 2.29. The third-order valence-corrected chi connectivity index (χ3v) is 3.48. The molecular weight excluding hydrogens is 312 g/mol. The number of aromatic nitrogens is 1. The Labute approximate surface area is 128 Å². The molecule has 1 aliphatic rings. The molecule has 6 nitrogen and oxygen atoms in total. The Morgan fingerprint density at radius 2 is 2.04 bits per heavy atom. The number of aliphatic hydroxyl groups is 1. The van der Waals surface area contributed by atoms with Gasteiger partial charge in [-0.25, -0.2) is 9.78 Å². The van der Waals surface area contributed by atoms with Crippen LogP contribution in [0.15, 0.2) is 30.3 Å². The number of aromatic carboxylic acids is 1. The maximum atomic E-state index is 14.5. The van der Waals surface area contributed by atoms with E-state index >= 15 is 0 Å². The van der Waals surface area contributed by atoms with Crippen LogP contribution in [0.5, 0.6) is 17.4 Å². The van der Waals surface area contributed by atoms with Gasteiger partial charge >= 0.3 is 11.9 Å². The summed E-state index contributed by atoms with van der Waals surface area (Å²) < 4.78 is 39.3. The number of benzene rings is 1. The molecule has 2 N–H and O–H groups in total. The van der Waals surface area contributed by atoms with E-state index < -0.39 is 23.7 Å². The molecule has 1 aromatic carbocycles. The molecule has 2 heterocycles. The number of carboxylic acid groups (broad SMARTS) is 1. The van der Waals surface area contributed by atoms with Crippen LogP contribution in [0.2, 0.25) is 0 Å². The molecular formula is C15H11F2NO5. The van der Waals surface area contributed by atoms with E-state index in [2.05, 4.69) is 4.98 Å². The Morgan fingerprint density at radius 3 is 2.70 bits per heavy atom. The van der Waals surface area contributed by atoms with Crippen LogP contribution in [0, 0.1) is 0 Å². The molecule has 0 fully saturated rings. The molecule has 0 saturated heterocycles. The fraction of sp³-hybridized carbons (Fsp3) is 0.200. The lowest BCUT2D eigenvalue weighted by Crippen LogP contribution is -2.24. The SMILES string of the molecule is COc1ccc2c(n1)C(F)(F)C(O)c1ccc(C(=O)O)cc1O2. The zero-order valence-corrected chi connectivity index (χ0v) is 11.8. The lowest BCUT2D eigenvalue weighted by Gasteiger charge is -2.20. The third-order valence-electron chi connectivity index (χ3n) is 3.48. The zero-order chi connectivity index (χ0) is 16.8. The van der Waals surface area contributed by atoms with Crippen LogP contribution in [0.25, 0.3) is 0 Å². The molecule has 0 aliphatic carbocycles. The number of alkyl halides is 2. The first kappa shape index (κ1) is 15.2. The van der Waals surface area contributed by atoms with E-state index in [1.54, 1.807) is 0 Å². The van der Waals surface area contributed by atoms with Gasteiger partial charge in [0.2, 0.25) is 5.88 Å². The summed E-state index contributed by atoms with van der Waals surface area (Å²) in [5.74, 6) is -5.48. The summed E-state index contributed by atoms with van der Waals surface area (Å²) in [6.45, 7) is 0. The molecule has 1 aliphatic heterocycles. The second kappa shape index (κ2) is 5.17. The van der Waals surface area contributed by atoms with Crippen molar-refractivity contribution in [2.45, 2.75) is 12.0 Å². The number of fused-ring (bicyclic) bond motifs is 2. The molecule has 0 spiro atoms. The van der Waals surface area contributed by atoms with E-state index in [4.69, 9.17) is 14.6 Å². The molecule has 23 heavy (non-hydrogen) atoms. The Kier molecular flexibility index (Phi) is 3.41. The average Bonchev–Trinajstić information content (AvgIpc) is 2.61. The second-order valence-electron chi connectivity index (χ2n) is 4.89. The monoisotopic (exact) mass is 323 g/mol. The van der Waals surface area contributed by atoms with Crippen LogP contribution < -0.4 is 9.47 Å². The normalized spacial score (nSPS) is 18.2. The zero-order valence-electron chi connectivity index (χ0n) is 11.8. The van der Waals surface area contributed by atoms with Crippen molar-refractivity contribution in [3.05, 3.63) is 47.2 Å². The van der Waals surface area contributed by atoms with E-state index in [9.17, 15) is 18.7 Å². The highest BCUT2D eigenvalue weighted by Crippen LogP contribution is 2.50. The highest BCUT2D eigenvalue weighted by atomic mass is 19.3. The molecule has 8 heteroatoms. The summed E-state index contributed by atoms with van der Waals surface area (Å²) in [4.78, 5) is 14.7. The number of carboxylic acids is 1. The van der Waals surface area contributed by atoms with Gasteiger partial charge in [-0.15, -0.1) is 0 Å². The van der Waals surface area contributed by atoms with Crippen molar-refractivity contribution in [1.29, 1.82) is 0 Å². The smallest absolute Gasteiger partial charge is 0.335 e. The van der Waals surface area contributed by atoms with Crippen LogP contribution in [-0.2, 0) is 5.92 Å². The summed E-state index contributed by atoms with van der Waals surface area (Å²) in [6, 6.07) is 5.85. The van der Waals surface area contributed by atoms with Crippen LogP contribution in [-0.4, -0.2) is 28.3 Å². The maximum absolute atomic E-state index is 14.5. The van der Waals surface area contributed by atoms with Gasteiger partial charge in [0, 0.05) is 11.6 Å². The number of hydrogen-bond acceptors (Lipinski definition) is 5. The van der Waals surface area contributed by atoms with Crippen molar-refractivity contribution < 1.29 is 33.3 Å². The van der Waals surface area contributed by atoms with E-state index in [0.717, 1.165) is 18.2 Å². The third kappa shape index (κ3) is 2.36. The molecule has 1 aromatic heterocycles. The van der Waals surface area contributed by atoms with Crippen molar-refractivity contribution in [2.24, 2.45) is 0 Å². The van der Waals surface area contributed by atoms with E-state index in [1.807, 2.05) is 0 Å². The summed E-state index contributed by atoms with van der Waals surface area (Å²) in [6.07, 6.45) is -2.23. The van der Waals surface area contributed by atoms with Crippen LogP contribution in [0.4, 0.5) is 8.78 Å². The molecule has 0 saturated carbocycles. The number of pyridine rings is 1. The Balaban J connectivity index is 2.22. The molecule has 0 bridgehead atoms. The predicted octanol–water partition coefficient (Wildman–Crippen LogP) is 2.72. The van der Waals surface area contributed by atoms with Crippen LogP contribution >= 0.6 is 0 Å². The number of nitrogens with zero attached hydrogens (tertiary/aromatic N) is 1. The maximum Gasteiger partial charge on any atom is 0.335 e. The predicted molar refractivity (Wildman–Crippen MR) is 73.1 cm³/mol. The van der Waals surface area contributed by atoms with Crippen molar-refractivity contribution >= 4 is 5.97 Å². The number of aliphatic hydroxyl groups excluding tert-OH is 1. The van der Waals surface area contributed by atoms with Gasteiger partial charge in [-0.1, -0.05) is 6.07 Å². The van der Waals surface area contributed by atoms with E-state index in [1.165, 1.54) is 19.2 Å². The van der Waals surface area contributed by atoms with Gasteiger partial charge in [-0.05, 0) is 18.2 Å². The fourth-order valence-corrected chi connectivity index (χ4v) is 2.29. The second-order valence-corrected chi connectivity index (χ2v) is 4.89. The van der Waals surface area contributed by atoms with Crippen molar-refractivity contribution in [3.63, 3.8) is 0 Å². The first-order valence-corrected chi connectivity index (χ1v) is 6.51. The van der Waals surface area contributed by atoms with Crippen molar-refractivity contribution in [2.75, 3.05) is 7.11 Å². The quantitative estimate of drug-likeness (QED) is 0.883. The Bertz CT molecular complexity index is 793. The molecule has 3 rings (SSSR count). The highest BCUT2D eigenvalue weighted by Gasteiger charge is 2.48. The summed E-state index contributed by atoms with van der Waals surface area (Å²) in [5, 5.41) is 19.0. The number of halogens is 2. The standard InChI is InChI=1S/C15H11F2NO5/c1-22-11-5-4-9-12(18-11)15(16,17)13(19)8-3-2-7(14(20)21)6-10(8)23-9/h2-6,13,19H,1H3,(H,20,21). The molecule has 0 amide bonds. The molecule has 120 valence electrons. The molecule has 0 radical (unpaired) electrons. The van der Waals surface area contributed by atoms with Crippen LogP contribution in [0.3, 0.4) is 0 Å². The molecule has 1 unspecified atom stereocenters. The van der Waals surface area contributed by atoms with E-state index in [0.29, 0.717) is 0 Å². The number of ether oxygens (including phenoxy) is 2. The summed E-state index contributed by atoms with van der Waals surface area (Å²) in [7, 11) is 1.27. The van der Waals surface area contributed by atoms with Gasteiger partial charge in [0.1, 0.15) is 5.75 Å². The first-order chi connectivity index (χ1) is 10.8. The van der Waals surface area contributed by atoms with Gasteiger partial charge in [0.05, 0.1) is 12.7 Å². The average molecular weight is 323 g/mol. The minimum absolute atomic E-state index is 0.0589. The topological polar surface area (TPSA) is 88.9 Å². The van der Waals surface area contributed by atoms with Gasteiger partial charge in [-0.2, -0.15) is 8.78 Å². The highest BCUT2D eigenvalue weighted by molar-refractivity contribution is 5.88. The summed E-state index contributed by atoms with van der Waals surface area (Å²) >= 11 is 0. The van der Waals surface area contributed by atoms with Gasteiger partial charge in [0.15, 0.2) is 17.5 Å². The first-order valence-electron chi connectivity index (χ1n) is 6.51. The minimum atomic E-state index is -3.74. The lowest BCUT2D eigenvalue weighted by atomic mass is 9.99. The van der Waals surface area contributed by atoms with E-state index in [-0.39, 0.29) is 28.5 Å². The molecule has 2 aromatic rings. The number of methoxy groups -OCH3 is 1. The largest absolute Gasteiger partial charge is 0.481 e. The number of carbonyl (C=O) groups is 1. The van der Waals surface area contributed by atoms with Gasteiger partial charge in [-0.3, -0.25) is 0 Å². The number of hydrogen-bond donors (Lipinski definition) is 2. The summed E-state index contributed by atoms with van der Waals surface area (Å²) in [5.41, 5.74) is -1.15. The van der Waals surface area contributed by atoms with Crippen molar-refractivity contribution in [3.8, 4) is 17.4 Å². The van der Waals surface area contributed by atoms with Crippen molar-refractivity contribution in [1.82, 2.24) is 4.98 Å². The van der Waals surface area contributed by atoms with Gasteiger partial charge < -0.3 is 19.7 Å². The van der Waals surface area contributed by atoms with Crippen LogP contribution in [0.1, 0.15) is 27.7 Å². The molecule has 1 atom stereocenters. The van der Waals surface area contributed by atoms with Gasteiger partial charge in [0.25, 0.3) is 0 Å². The number of rotatable bonds is 2. The Hall–Kier alpha value is -2.74. The minimum Gasteiger partial charge on any atom is -0.481 e. The Morgan fingerprint density at radius 1 is 1.30 bits per heavy atom. The lowest BCUT2D eigenvalue weighted by molar-refractivity contribution is -0.120.